The first kappa shape index (κ1) is 9.32. The summed E-state index contributed by atoms with van der Waals surface area (Å²) in [6.07, 6.45) is 0. The first-order valence-corrected chi connectivity index (χ1v) is 3.32. The smallest absolute Gasteiger partial charge is 0.303 e. The molecule has 0 spiro atoms. The third kappa shape index (κ3) is 7.32. The topological polar surface area (TPSA) is 26.3 Å². The van der Waals surface area contributed by atoms with E-state index in [4.69, 9.17) is 11.6 Å². The second-order valence-corrected chi connectivity index (χ2v) is 2.37. The van der Waals surface area contributed by atoms with Crippen molar-refractivity contribution >= 4 is 17.6 Å². The standard InChI is InChI=1S/C7H9ClO2/c1-6(8)4-3-5-10-7(2)9/h6H,5H2,1-2H3. The van der Waals surface area contributed by atoms with Gasteiger partial charge in [-0.15, -0.1) is 11.6 Å². The Hall–Kier alpha value is -0.680. The molecule has 1 unspecified atom stereocenters. The molecule has 0 fully saturated rings. The molecule has 0 heterocycles. The Morgan fingerprint density at radius 1 is 1.80 bits per heavy atom. The molecule has 0 saturated heterocycles. The van der Waals surface area contributed by atoms with Crippen LogP contribution in [0.1, 0.15) is 13.8 Å². The Bertz CT molecular complexity index is 164. The average Bonchev–Trinajstić information content (AvgIpc) is 1.79. The molecule has 0 radical (unpaired) electrons. The minimum absolute atomic E-state index is 0.131. The lowest BCUT2D eigenvalue weighted by Crippen LogP contribution is -1.98. The SMILES string of the molecule is CC(=O)OCC#CC(C)Cl. The summed E-state index contributed by atoms with van der Waals surface area (Å²) in [6.45, 7) is 3.22. The van der Waals surface area contributed by atoms with Gasteiger partial charge in [0.05, 0.1) is 5.38 Å². The molecule has 1 atom stereocenters. The molecule has 0 amide bonds. The molecule has 0 saturated carbocycles. The van der Waals surface area contributed by atoms with Crippen LogP contribution in [0.5, 0.6) is 0 Å². The monoisotopic (exact) mass is 160 g/mol. The molecule has 0 aromatic rings. The van der Waals surface area contributed by atoms with E-state index in [1.165, 1.54) is 6.92 Å². The molecule has 56 valence electrons. The summed E-state index contributed by atoms with van der Waals surface area (Å²) in [7, 11) is 0. The molecular weight excluding hydrogens is 152 g/mol. The summed E-state index contributed by atoms with van der Waals surface area (Å²) >= 11 is 5.48. The first-order chi connectivity index (χ1) is 4.63. The lowest BCUT2D eigenvalue weighted by Gasteiger charge is -1.91. The quantitative estimate of drug-likeness (QED) is 0.327. The van der Waals surface area contributed by atoms with Crippen molar-refractivity contribution in [2.45, 2.75) is 19.2 Å². The van der Waals surface area contributed by atoms with Gasteiger partial charge in [-0.3, -0.25) is 4.79 Å². The highest BCUT2D eigenvalue weighted by molar-refractivity contribution is 6.22. The molecule has 3 heteroatoms. The number of hydrogen-bond acceptors (Lipinski definition) is 2. The summed E-state index contributed by atoms with van der Waals surface area (Å²) in [6, 6.07) is 0. The summed E-state index contributed by atoms with van der Waals surface area (Å²) in [5, 5.41) is -0.185. The van der Waals surface area contributed by atoms with Crippen LogP contribution in [0, 0.1) is 11.8 Å². The van der Waals surface area contributed by atoms with Crippen molar-refractivity contribution in [3.63, 3.8) is 0 Å². The lowest BCUT2D eigenvalue weighted by molar-refractivity contribution is -0.139. The van der Waals surface area contributed by atoms with E-state index >= 15 is 0 Å². The second kappa shape index (κ2) is 5.13. The van der Waals surface area contributed by atoms with Crippen LogP contribution in [0.25, 0.3) is 0 Å². The average molecular weight is 161 g/mol. The van der Waals surface area contributed by atoms with Crippen molar-refractivity contribution in [3.8, 4) is 11.8 Å². The van der Waals surface area contributed by atoms with Crippen LogP contribution >= 0.6 is 11.6 Å². The van der Waals surface area contributed by atoms with E-state index in [1.54, 1.807) is 6.92 Å². The van der Waals surface area contributed by atoms with Crippen molar-refractivity contribution in [1.29, 1.82) is 0 Å². The van der Waals surface area contributed by atoms with Gasteiger partial charge in [0.2, 0.25) is 0 Å². The first-order valence-electron chi connectivity index (χ1n) is 2.88. The minimum atomic E-state index is -0.323. The zero-order valence-corrected chi connectivity index (χ0v) is 6.73. The van der Waals surface area contributed by atoms with Crippen LogP contribution in [-0.4, -0.2) is 18.0 Å². The van der Waals surface area contributed by atoms with Crippen LogP contribution in [0.2, 0.25) is 0 Å². The predicted molar refractivity (Wildman–Crippen MR) is 39.7 cm³/mol. The third-order valence-corrected chi connectivity index (χ3v) is 0.758. The number of esters is 1. The highest BCUT2D eigenvalue weighted by Crippen LogP contribution is 1.87. The molecule has 0 N–H and O–H groups in total. The number of ether oxygens (including phenoxy) is 1. The van der Waals surface area contributed by atoms with E-state index in [0.29, 0.717) is 0 Å². The molecular formula is C7H9ClO2. The van der Waals surface area contributed by atoms with Gasteiger partial charge in [-0.1, -0.05) is 11.8 Å². The number of carbonyl (C=O) groups excluding carboxylic acids is 1. The van der Waals surface area contributed by atoms with Crippen molar-refractivity contribution < 1.29 is 9.53 Å². The molecule has 0 rings (SSSR count). The Kier molecular flexibility index (Phi) is 4.78. The van der Waals surface area contributed by atoms with Gasteiger partial charge in [0.25, 0.3) is 0 Å². The maximum Gasteiger partial charge on any atom is 0.303 e. The summed E-state index contributed by atoms with van der Waals surface area (Å²) in [5.74, 6) is 4.91. The number of halogens is 1. The highest BCUT2D eigenvalue weighted by Gasteiger charge is 1.87. The zero-order valence-electron chi connectivity index (χ0n) is 5.98. The number of hydrogen-bond donors (Lipinski definition) is 0. The van der Waals surface area contributed by atoms with Gasteiger partial charge in [-0.05, 0) is 6.92 Å². The van der Waals surface area contributed by atoms with Gasteiger partial charge in [-0.2, -0.15) is 0 Å². The molecule has 0 aliphatic rings. The number of rotatable bonds is 1. The van der Waals surface area contributed by atoms with Gasteiger partial charge < -0.3 is 4.74 Å². The lowest BCUT2D eigenvalue weighted by atomic mass is 10.5. The minimum Gasteiger partial charge on any atom is -0.453 e. The summed E-state index contributed by atoms with van der Waals surface area (Å²) in [5.41, 5.74) is 0. The van der Waals surface area contributed by atoms with E-state index in [9.17, 15) is 4.79 Å². The van der Waals surface area contributed by atoms with Crippen LogP contribution in [-0.2, 0) is 9.53 Å². The maximum atomic E-state index is 10.2. The third-order valence-electron chi connectivity index (χ3n) is 0.649. The molecule has 0 aromatic carbocycles. The van der Waals surface area contributed by atoms with Crippen LogP contribution in [0.4, 0.5) is 0 Å². The largest absolute Gasteiger partial charge is 0.453 e. The highest BCUT2D eigenvalue weighted by atomic mass is 35.5. The fourth-order valence-corrected chi connectivity index (χ4v) is 0.397. The molecule has 0 bridgehead atoms. The summed E-state index contributed by atoms with van der Waals surface area (Å²) in [4.78, 5) is 10.2. The molecule has 0 aliphatic carbocycles. The van der Waals surface area contributed by atoms with Gasteiger partial charge in [0.1, 0.15) is 0 Å². The number of alkyl halides is 1. The van der Waals surface area contributed by atoms with Gasteiger partial charge in [0.15, 0.2) is 6.61 Å². The predicted octanol–water partition coefficient (Wildman–Crippen LogP) is 1.18. The zero-order chi connectivity index (χ0) is 7.98. The van der Waals surface area contributed by atoms with Crippen molar-refractivity contribution in [2.24, 2.45) is 0 Å². The number of carbonyl (C=O) groups is 1. The normalized spacial score (nSPS) is 11.1. The Labute approximate surface area is 65.5 Å². The van der Waals surface area contributed by atoms with E-state index in [-0.39, 0.29) is 18.0 Å². The van der Waals surface area contributed by atoms with Gasteiger partial charge in [0, 0.05) is 6.92 Å². The van der Waals surface area contributed by atoms with Crippen molar-refractivity contribution in [3.05, 3.63) is 0 Å². The second-order valence-electron chi connectivity index (χ2n) is 1.72. The Balaban J connectivity index is 3.38. The van der Waals surface area contributed by atoms with E-state index < -0.39 is 0 Å². The van der Waals surface area contributed by atoms with E-state index in [0.717, 1.165) is 0 Å². The fraction of sp³-hybridized carbons (Fsp3) is 0.571. The van der Waals surface area contributed by atoms with Crippen molar-refractivity contribution in [1.82, 2.24) is 0 Å². The van der Waals surface area contributed by atoms with E-state index in [1.807, 2.05) is 0 Å². The molecule has 0 aliphatic heterocycles. The van der Waals surface area contributed by atoms with Gasteiger partial charge in [-0.25, -0.2) is 0 Å². The Morgan fingerprint density at radius 2 is 2.40 bits per heavy atom. The fourth-order valence-electron chi connectivity index (χ4n) is 0.320. The van der Waals surface area contributed by atoms with Crippen molar-refractivity contribution in [2.75, 3.05) is 6.61 Å². The van der Waals surface area contributed by atoms with Crippen LogP contribution in [0.3, 0.4) is 0 Å². The maximum absolute atomic E-state index is 10.2. The molecule has 2 nitrogen and oxygen atoms in total. The van der Waals surface area contributed by atoms with Crippen LogP contribution in [0.15, 0.2) is 0 Å². The molecule has 0 aromatic heterocycles. The summed E-state index contributed by atoms with van der Waals surface area (Å²) < 4.78 is 4.52. The van der Waals surface area contributed by atoms with E-state index in [2.05, 4.69) is 16.6 Å². The van der Waals surface area contributed by atoms with Crippen LogP contribution < -0.4 is 0 Å². The Morgan fingerprint density at radius 3 is 2.80 bits per heavy atom. The van der Waals surface area contributed by atoms with Gasteiger partial charge >= 0.3 is 5.97 Å². The molecule has 10 heavy (non-hydrogen) atoms.